The van der Waals surface area contributed by atoms with Crippen molar-refractivity contribution in [3.8, 4) is 0 Å². The van der Waals surface area contributed by atoms with E-state index in [0.717, 1.165) is 22.0 Å². The van der Waals surface area contributed by atoms with Gasteiger partial charge in [-0.25, -0.2) is 17.2 Å². The van der Waals surface area contributed by atoms with Crippen LogP contribution in [-0.2, 0) is 10.0 Å². The van der Waals surface area contributed by atoms with Crippen LogP contribution in [0.25, 0.3) is 0 Å². The van der Waals surface area contributed by atoms with Crippen LogP contribution in [0.3, 0.4) is 0 Å². The molecule has 3 rings (SSSR count). The van der Waals surface area contributed by atoms with E-state index >= 15 is 0 Å². The lowest BCUT2D eigenvalue weighted by Gasteiger charge is -2.34. The number of nitrogens with zero attached hydrogens (tertiary/aromatic N) is 2. The van der Waals surface area contributed by atoms with Crippen molar-refractivity contribution in [1.82, 2.24) is 9.21 Å². The number of sulfonamides is 1. The minimum Gasteiger partial charge on any atom is -0.466 e. The number of aryl methyl sites for hydroxylation is 2. The van der Waals surface area contributed by atoms with Crippen molar-refractivity contribution in [1.29, 1.82) is 0 Å². The quantitative estimate of drug-likeness (QED) is 0.797. The van der Waals surface area contributed by atoms with Crippen molar-refractivity contribution in [2.45, 2.75) is 25.7 Å². The van der Waals surface area contributed by atoms with E-state index in [1.165, 1.54) is 0 Å². The number of benzene rings is 1. The average molecular weight is 398 g/mol. The number of amides is 1. The Morgan fingerprint density at radius 3 is 2.19 bits per heavy atom. The highest BCUT2D eigenvalue weighted by molar-refractivity contribution is 7.89. The molecule has 9 heteroatoms. The van der Waals surface area contributed by atoms with Gasteiger partial charge in [0.15, 0.2) is 0 Å². The topological polar surface area (TPSA) is 70.8 Å². The summed E-state index contributed by atoms with van der Waals surface area (Å²) in [5.41, 5.74) is 1.26. The number of furan rings is 1. The van der Waals surface area contributed by atoms with E-state index in [9.17, 15) is 22.0 Å². The predicted molar refractivity (Wildman–Crippen MR) is 93.9 cm³/mol. The van der Waals surface area contributed by atoms with Crippen LogP contribution in [0.2, 0.25) is 0 Å². The summed E-state index contributed by atoms with van der Waals surface area (Å²) in [5.74, 6) is -0.995. The first kappa shape index (κ1) is 19.5. The smallest absolute Gasteiger partial charge is 0.257 e. The summed E-state index contributed by atoms with van der Waals surface area (Å²) >= 11 is 0. The van der Waals surface area contributed by atoms with Gasteiger partial charge in [0.05, 0.1) is 5.56 Å². The summed E-state index contributed by atoms with van der Waals surface area (Å²) in [6, 6.07) is 2.36. The highest BCUT2D eigenvalue weighted by Crippen LogP contribution is 2.25. The fourth-order valence-electron chi connectivity index (χ4n) is 3.22. The SMILES string of the molecule is Cc1oc(C)c(C(=O)N2CCN(S(=O)(=O)c3ccc(F)cc3F)CC2)c1C. The number of carbonyl (C=O) groups excluding carboxylic acids is 1. The van der Waals surface area contributed by atoms with E-state index in [0.29, 0.717) is 23.2 Å². The molecule has 146 valence electrons. The largest absolute Gasteiger partial charge is 0.466 e. The van der Waals surface area contributed by atoms with Gasteiger partial charge in [0.1, 0.15) is 28.1 Å². The van der Waals surface area contributed by atoms with Crippen LogP contribution >= 0.6 is 0 Å². The molecule has 0 N–H and O–H groups in total. The zero-order valence-electron chi connectivity index (χ0n) is 15.3. The number of halogens is 2. The number of piperazine rings is 1. The molecule has 0 bridgehead atoms. The van der Waals surface area contributed by atoms with Crippen molar-refractivity contribution in [2.24, 2.45) is 0 Å². The molecule has 0 saturated carbocycles. The second-order valence-electron chi connectivity index (χ2n) is 6.49. The second-order valence-corrected chi connectivity index (χ2v) is 8.39. The van der Waals surface area contributed by atoms with E-state index in [1.54, 1.807) is 25.7 Å². The lowest BCUT2D eigenvalue weighted by atomic mass is 10.1. The maximum Gasteiger partial charge on any atom is 0.257 e. The highest BCUT2D eigenvalue weighted by atomic mass is 32.2. The molecule has 0 atom stereocenters. The lowest BCUT2D eigenvalue weighted by molar-refractivity contribution is 0.0695. The normalized spacial score (nSPS) is 16.0. The predicted octanol–water partition coefficient (Wildman–Crippen LogP) is 2.63. The number of rotatable bonds is 3. The van der Waals surface area contributed by atoms with E-state index in [4.69, 9.17) is 4.42 Å². The highest BCUT2D eigenvalue weighted by Gasteiger charge is 2.33. The zero-order valence-corrected chi connectivity index (χ0v) is 16.1. The van der Waals surface area contributed by atoms with E-state index in [1.807, 2.05) is 0 Å². The van der Waals surface area contributed by atoms with Gasteiger partial charge in [0.2, 0.25) is 10.0 Å². The van der Waals surface area contributed by atoms with Crippen molar-refractivity contribution in [3.63, 3.8) is 0 Å². The molecule has 6 nitrogen and oxygen atoms in total. The van der Waals surface area contributed by atoms with Gasteiger partial charge in [0.25, 0.3) is 5.91 Å². The third kappa shape index (κ3) is 3.49. The molecule has 1 aromatic heterocycles. The minimum atomic E-state index is -4.10. The minimum absolute atomic E-state index is 0.0276. The van der Waals surface area contributed by atoms with Crippen LogP contribution in [0.4, 0.5) is 8.78 Å². The van der Waals surface area contributed by atoms with Crippen molar-refractivity contribution in [2.75, 3.05) is 26.2 Å². The van der Waals surface area contributed by atoms with Crippen LogP contribution in [0, 0.1) is 32.4 Å². The number of carbonyl (C=O) groups is 1. The first-order chi connectivity index (χ1) is 12.6. The lowest BCUT2D eigenvalue weighted by Crippen LogP contribution is -2.50. The Morgan fingerprint density at radius 2 is 1.67 bits per heavy atom. The standard InChI is InChI=1S/C18H20F2N2O4S/c1-11-12(2)26-13(3)17(11)18(23)21-6-8-22(9-7-21)27(24,25)16-5-4-14(19)10-15(16)20/h4-5,10H,6-9H2,1-3H3. The van der Waals surface area contributed by atoms with Crippen LogP contribution in [0.1, 0.15) is 27.4 Å². The summed E-state index contributed by atoms with van der Waals surface area (Å²) < 4.78 is 58.8. The molecule has 1 fully saturated rings. The fourth-order valence-corrected chi connectivity index (χ4v) is 4.69. The fraction of sp³-hybridized carbons (Fsp3) is 0.389. The Kier molecular flexibility index (Phi) is 5.09. The molecular formula is C18H20F2N2O4S. The van der Waals surface area contributed by atoms with Crippen LogP contribution in [0.5, 0.6) is 0 Å². The molecular weight excluding hydrogens is 378 g/mol. The maximum atomic E-state index is 13.9. The monoisotopic (exact) mass is 398 g/mol. The summed E-state index contributed by atoms with van der Waals surface area (Å²) in [5, 5.41) is 0. The molecule has 1 aliphatic heterocycles. The van der Waals surface area contributed by atoms with Gasteiger partial charge in [-0.3, -0.25) is 4.79 Å². The first-order valence-corrected chi connectivity index (χ1v) is 9.88. The molecule has 0 spiro atoms. The summed E-state index contributed by atoms with van der Waals surface area (Å²) in [6.45, 7) is 5.69. The van der Waals surface area contributed by atoms with Crippen LogP contribution in [-0.4, -0.2) is 49.7 Å². The van der Waals surface area contributed by atoms with E-state index in [2.05, 4.69) is 0 Å². The van der Waals surface area contributed by atoms with Gasteiger partial charge < -0.3 is 9.32 Å². The molecule has 0 aliphatic carbocycles. The molecule has 2 aromatic rings. The van der Waals surface area contributed by atoms with Gasteiger partial charge >= 0.3 is 0 Å². The van der Waals surface area contributed by atoms with Gasteiger partial charge in [-0.1, -0.05) is 0 Å². The van der Waals surface area contributed by atoms with Crippen molar-refractivity contribution < 1.29 is 26.4 Å². The molecule has 1 saturated heterocycles. The van der Waals surface area contributed by atoms with Gasteiger partial charge in [-0.2, -0.15) is 4.31 Å². The molecule has 0 unspecified atom stereocenters. The molecule has 1 aromatic carbocycles. The summed E-state index contributed by atoms with van der Waals surface area (Å²) in [4.78, 5) is 13.8. The summed E-state index contributed by atoms with van der Waals surface area (Å²) in [7, 11) is -4.10. The third-order valence-corrected chi connectivity index (χ3v) is 6.74. The third-order valence-electron chi connectivity index (χ3n) is 4.81. The molecule has 0 radical (unpaired) electrons. The molecule has 27 heavy (non-hydrogen) atoms. The van der Waals surface area contributed by atoms with Crippen LogP contribution < -0.4 is 0 Å². The van der Waals surface area contributed by atoms with E-state index < -0.39 is 26.6 Å². The number of hydrogen-bond donors (Lipinski definition) is 0. The Labute approximate surface area is 156 Å². The Hall–Kier alpha value is -2.26. The molecule has 2 heterocycles. The Morgan fingerprint density at radius 1 is 1.04 bits per heavy atom. The first-order valence-electron chi connectivity index (χ1n) is 8.44. The zero-order chi connectivity index (χ0) is 19.9. The van der Waals surface area contributed by atoms with Crippen molar-refractivity contribution in [3.05, 3.63) is 52.5 Å². The van der Waals surface area contributed by atoms with Gasteiger partial charge in [-0.05, 0) is 32.9 Å². The Balaban J connectivity index is 1.76. The van der Waals surface area contributed by atoms with Gasteiger partial charge in [-0.15, -0.1) is 0 Å². The molecule has 1 aliphatic rings. The maximum absolute atomic E-state index is 13.9. The van der Waals surface area contributed by atoms with Crippen molar-refractivity contribution >= 4 is 15.9 Å². The van der Waals surface area contributed by atoms with E-state index in [-0.39, 0.29) is 32.1 Å². The second kappa shape index (κ2) is 7.05. The molecule has 1 amide bonds. The summed E-state index contributed by atoms with van der Waals surface area (Å²) in [6.07, 6.45) is 0. The van der Waals surface area contributed by atoms with Crippen LogP contribution in [0.15, 0.2) is 27.5 Å². The Bertz CT molecular complexity index is 993. The van der Waals surface area contributed by atoms with Gasteiger partial charge in [0, 0.05) is 37.8 Å². The average Bonchev–Trinajstić information content (AvgIpc) is 2.86. The number of hydrogen-bond acceptors (Lipinski definition) is 4.